The Hall–Kier alpha value is -0.310. The lowest BCUT2D eigenvalue weighted by molar-refractivity contribution is 0.428. The molecule has 0 radical (unpaired) electrons. The molecule has 1 unspecified atom stereocenters. The van der Waals surface area contributed by atoms with Crippen molar-refractivity contribution in [2.24, 2.45) is 5.92 Å². The maximum Gasteiger partial charge on any atom is 0.146 e. The molecule has 0 fully saturated rings. The molecule has 1 N–H and O–H groups in total. The first-order chi connectivity index (χ1) is 8.69. The smallest absolute Gasteiger partial charge is 0.146 e. The predicted octanol–water partition coefficient (Wildman–Crippen LogP) is 4.61. The van der Waals surface area contributed by atoms with E-state index in [4.69, 9.17) is 23.2 Å². The second kappa shape index (κ2) is 8.73. The van der Waals surface area contributed by atoms with Gasteiger partial charge in [0, 0.05) is 18.0 Å². The van der Waals surface area contributed by atoms with Crippen LogP contribution in [-0.2, 0) is 6.54 Å². The molecule has 1 aromatic carbocycles. The van der Waals surface area contributed by atoms with Crippen molar-refractivity contribution < 1.29 is 4.39 Å². The molecule has 1 aromatic rings. The molecule has 1 nitrogen and oxygen atoms in total. The highest BCUT2D eigenvalue weighted by atomic mass is 35.5. The number of hydrogen-bond acceptors (Lipinski definition) is 1. The largest absolute Gasteiger partial charge is 0.312 e. The zero-order valence-corrected chi connectivity index (χ0v) is 12.2. The van der Waals surface area contributed by atoms with Gasteiger partial charge in [-0.05, 0) is 31.4 Å². The van der Waals surface area contributed by atoms with Crippen LogP contribution in [0.1, 0.15) is 31.7 Å². The van der Waals surface area contributed by atoms with E-state index in [-0.39, 0.29) is 10.8 Å². The van der Waals surface area contributed by atoms with Crippen LogP contribution in [0.15, 0.2) is 18.2 Å². The third kappa shape index (κ3) is 5.13. The zero-order chi connectivity index (χ0) is 13.4. The molecule has 18 heavy (non-hydrogen) atoms. The lowest BCUT2D eigenvalue weighted by atomic mass is 10.0. The van der Waals surface area contributed by atoms with Gasteiger partial charge in [-0.2, -0.15) is 0 Å². The number of hydrogen-bond donors (Lipinski definition) is 1. The summed E-state index contributed by atoms with van der Waals surface area (Å²) in [7, 11) is 0. The van der Waals surface area contributed by atoms with Gasteiger partial charge in [0.2, 0.25) is 0 Å². The minimum absolute atomic E-state index is 0.181. The summed E-state index contributed by atoms with van der Waals surface area (Å²) in [6, 6.07) is 5.09. The van der Waals surface area contributed by atoms with Gasteiger partial charge in [0.25, 0.3) is 0 Å². The fourth-order valence-corrected chi connectivity index (χ4v) is 2.51. The minimum atomic E-state index is -0.323. The molecule has 1 rings (SSSR count). The summed E-state index contributed by atoms with van der Waals surface area (Å²) in [4.78, 5) is 0. The summed E-state index contributed by atoms with van der Waals surface area (Å²) >= 11 is 11.5. The van der Waals surface area contributed by atoms with E-state index in [1.807, 2.05) is 0 Å². The van der Waals surface area contributed by atoms with Gasteiger partial charge in [0.15, 0.2) is 0 Å². The number of rotatable bonds is 8. The van der Waals surface area contributed by atoms with E-state index in [0.717, 1.165) is 25.8 Å². The van der Waals surface area contributed by atoms with Crippen LogP contribution in [0, 0.1) is 11.7 Å². The second-order valence-electron chi connectivity index (χ2n) is 4.48. The van der Waals surface area contributed by atoms with Gasteiger partial charge >= 0.3 is 0 Å². The Bertz CT molecular complexity index is 352. The van der Waals surface area contributed by atoms with Crippen LogP contribution in [0.5, 0.6) is 0 Å². The van der Waals surface area contributed by atoms with Crippen LogP contribution in [0.2, 0.25) is 5.02 Å². The van der Waals surface area contributed by atoms with E-state index in [9.17, 15) is 4.39 Å². The van der Waals surface area contributed by atoms with E-state index in [1.165, 1.54) is 0 Å². The van der Waals surface area contributed by atoms with Crippen LogP contribution < -0.4 is 5.32 Å². The summed E-state index contributed by atoms with van der Waals surface area (Å²) in [5.74, 6) is 0.920. The normalized spacial score (nSPS) is 12.7. The van der Waals surface area contributed by atoms with Crippen molar-refractivity contribution >= 4 is 23.2 Å². The van der Waals surface area contributed by atoms with Gasteiger partial charge < -0.3 is 5.32 Å². The van der Waals surface area contributed by atoms with E-state index >= 15 is 0 Å². The van der Waals surface area contributed by atoms with Gasteiger partial charge in [-0.25, -0.2) is 4.39 Å². The molecular weight excluding hydrogens is 272 g/mol. The molecule has 0 aliphatic carbocycles. The molecule has 0 bridgehead atoms. The van der Waals surface area contributed by atoms with E-state index in [2.05, 4.69) is 12.2 Å². The molecule has 0 aromatic heterocycles. The number of benzene rings is 1. The molecule has 0 aliphatic heterocycles. The van der Waals surface area contributed by atoms with Crippen molar-refractivity contribution in [3.63, 3.8) is 0 Å². The quantitative estimate of drug-likeness (QED) is 0.690. The molecule has 0 saturated heterocycles. The van der Waals surface area contributed by atoms with Crippen molar-refractivity contribution in [1.82, 2.24) is 5.32 Å². The van der Waals surface area contributed by atoms with Crippen molar-refractivity contribution in [1.29, 1.82) is 0 Å². The first-order valence-electron chi connectivity index (χ1n) is 6.38. The Morgan fingerprint density at radius 2 is 2.11 bits per heavy atom. The Kier molecular flexibility index (Phi) is 7.64. The fourth-order valence-electron chi connectivity index (χ4n) is 2.01. The number of halogens is 3. The lowest BCUT2D eigenvalue weighted by Crippen LogP contribution is -2.23. The zero-order valence-electron chi connectivity index (χ0n) is 10.7. The van der Waals surface area contributed by atoms with Crippen molar-refractivity contribution in [3.8, 4) is 0 Å². The van der Waals surface area contributed by atoms with Crippen LogP contribution in [0.25, 0.3) is 0 Å². The summed E-state index contributed by atoms with van der Waals surface area (Å²) in [6.45, 7) is 3.54. The van der Waals surface area contributed by atoms with Crippen LogP contribution in [0.3, 0.4) is 0 Å². The second-order valence-corrected chi connectivity index (χ2v) is 5.26. The van der Waals surface area contributed by atoms with E-state index < -0.39 is 0 Å². The Labute approximate surface area is 119 Å². The number of alkyl halides is 1. The van der Waals surface area contributed by atoms with E-state index in [1.54, 1.807) is 18.2 Å². The molecule has 0 heterocycles. The molecule has 102 valence electrons. The highest BCUT2D eigenvalue weighted by Gasteiger charge is 2.09. The van der Waals surface area contributed by atoms with Crippen LogP contribution >= 0.6 is 23.2 Å². The topological polar surface area (TPSA) is 12.0 Å². The minimum Gasteiger partial charge on any atom is -0.312 e. The summed E-state index contributed by atoms with van der Waals surface area (Å²) in [6.07, 6.45) is 3.30. The van der Waals surface area contributed by atoms with Crippen LogP contribution in [-0.4, -0.2) is 12.4 Å². The Balaban J connectivity index is 2.42. The summed E-state index contributed by atoms with van der Waals surface area (Å²) < 4.78 is 13.6. The highest BCUT2D eigenvalue weighted by molar-refractivity contribution is 6.30. The molecule has 0 aliphatic rings. The van der Waals surface area contributed by atoms with Gasteiger partial charge in [0.1, 0.15) is 5.82 Å². The third-order valence-corrected chi connectivity index (χ3v) is 3.50. The molecule has 0 spiro atoms. The van der Waals surface area contributed by atoms with Crippen molar-refractivity contribution in [3.05, 3.63) is 34.6 Å². The van der Waals surface area contributed by atoms with Crippen molar-refractivity contribution in [2.45, 2.75) is 32.7 Å². The summed E-state index contributed by atoms with van der Waals surface area (Å²) in [5, 5.41) is 3.46. The third-order valence-electron chi connectivity index (χ3n) is 2.99. The van der Waals surface area contributed by atoms with Gasteiger partial charge in [0.05, 0.1) is 5.02 Å². The Morgan fingerprint density at radius 1 is 1.33 bits per heavy atom. The lowest BCUT2D eigenvalue weighted by Gasteiger charge is -2.15. The average Bonchev–Trinajstić information content (AvgIpc) is 2.35. The Morgan fingerprint density at radius 3 is 2.78 bits per heavy atom. The molecule has 0 saturated carbocycles. The SMILES string of the molecule is CCCC(CCCl)CNCc1cccc(Cl)c1F. The standard InChI is InChI=1S/C14H20Cl2FN/c1-2-4-11(7-8-15)9-18-10-12-5-3-6-13(16)14(12)17/h3,5-6,11,18H,2,4,7-10H2,1H3. The van der Waals surface area contributed by atoms with Crippen LogP contribution in [0.4, 0.5) is 4.39 Å². The highest BCUT2D eigenvalue weighted by Crippen LogP contribution is 2.18. The monoisotopic (exact) mass is 291 g/mol. The predicted molar refractivity (Wildman–Crippen MR) is 76.9 cm³/mol. The van der Waals surface area contributed by atoms with E-state index in [0.29, 0.717) is 23.9 Å². The molecule has 4 heteroatoms. The van der Waals surface area contributed by atoms with Gasteiger partial charge in [-0.1, -0.05) is 37.1 Å². The first kappa shape index (κ1) is 15.7. The van der Waals surface area contributed by atoms with Crippen molar-refractivity contribution in [2.75, 3.05) is 12.4 Å². The fraction of sp³-hybridized carbons (Fsp3) is 0.571. The molecule has 1 atom stereocenters. The first-order valence-corrected chi connectivity index (χ1v) is 7.29. The number of nitrogens with one attached hydrogen (secondary N) is 1. The summed E-state index contributed by atoms with van der Waals surface area (Å²) in [5.41, 5.74) is 0.614. The average molecular weight is 292 g/mol. The van der Waals surface area contributed by atoms with Gasteiger partial charge in [-0.3, -0.25) is 0 Å². The van der Waals surface area contributed by atoms with Gasteiger partial charge in [-0.15, -0.1) is 11.6 Å². The maximum atomic E-state index is 13.6. The molecule has 0 amide bonds. The maximum absolute atomic E-state index is 13.6. The molecular formula is C14H20Cl2FN.